The molecule has 0 amide bonds. The van der Waals surface area contributed by atoms with Crippen molar-refractivity contribution in [3.8, 4) is 0 Å². The number of aryl methyl sites for hydroxylation is 4. The maximum Gasteiger partial charge on any atom is 0.309 e. The van der Waals surface area contributed by atoms with E-state index in [0.717, 1.165) is 235 Å². The lowest BCUT2D eigenvalue weighted by Gasteiger charge is -2.52. The third-order valence-corrected chi connectivity index (χ3v) is 28.5. The van der Waals surface area contributed by atoms with Crippen molar-refractivity contribution in [1.29, 1.82) is 0 Å². The maximum absolute atomic E-state index is 11.5. The number of hydrogen-bond acceptors (Lipinski definition) is 20. The summed E-state index contributed by atoms with van der Waals surface area (Å²) in [6.07, 6.45) is 13.8. The lowest BCUT2D eigenvalue weighted by atomic mass is 9.65. The number of rotatable bonds is 21. The number of aliphatic carboxylic acids is 2. The summed E-state index contributed by atoms with van der Waals surface area (Å²) in [5.41, 5.74) is 9.08. The number of aliphatic hydroxyl groups excluding tert-OH is 1. The highest BCUT2D eigenvalue weighted by Gasteiger charge is 2.52. The number of benzene rings is 3. The van der Waals surface area contributed by atoms with Gasteiger partial charge in [-0.3, -0.25) is 9.59 Å². The highest BCUT2D eigenvalue weighted by molar-refractivity contribution is 7.17. The van der Waals surface area contributed by atoms with Crippen molar-refractivity contribution >= 4 is 125 Å². The van der Waals surface area contributed by atoms with Crippen LogP contribution in [-0.2, 0) is 22.4 Å². The van der Waals surface area contributed by atoms with E-state index in [0.29, 0.717) is 41.7 Å². The van der Waals surface area contributed by atoms with Crippen LogP contribution >= 0.6 is 57.5 Å². The molecule has 109 heavy (non-hydrogen) atoms. The van der Waals surface area contributed by atoms with Crippen LogP contribution in [0.5, 0.6) is 0 Å². The molecule has 5 aromatic heterocycles. The number of aromatic nitrogens is 6. The molecule has 0 bridgehead atoms. The van der Waals surface area contributed by atoms with Crippen molar-refractivity contribution in [3.63, 3.8) is 0 Å². The van der Waals surface area contributed by atoms with Crippen molar-refractivity contribution in [2.75, 3.05) is 122 Å². The van der Waals surface area contributed by atoms with E-state index in [1.54, 1.807) is 22.7 Å². The van der Waals surface area contributed by atoms with Crippen LogP contribution in [0.2, 0.25) is 15.1 Å². The van der Waals surface area contributed by atoms with Crippen molar-refractivity contribution in [2.45, 2.75) is 169 Å². The fourth-order valence-corrected chi connectivity index (χ4v) is 21.5. The molecule has 17 rings (SSSR count). The molecular weight excluding hydrogens is 1470 g/mol. The number of β-amino-alcohol motifs (C(OH)–C–C–N with tert-alkyl or cyclic N) is 1. The van der Waals surface area contributed by atoms with E-state index in [-0.39, 0.29) is 24.7 Å². The van der Waals surface area contributed by atoms with E-state index < -0.39 is 22.8 Å². The Labute approximate surface area is 665 Å². The summed E-state index contributed by atoms with van der Waals surface area (Å²) in [5, 5.41) is 46.7. The predicted molar refractivity (Wildman–Crippen MR) is 443 cm³/mol. The van der Waals surface area contributed by atoms with E-state index in [9.17, 15) is 24.9 Å². The molecule has 582 valence electrons. The van der Waals surface area contributed by atoms with Gasteiger partial charge in [0.2, 0.25) is 17.8 Å². The Morgan fingerprint density at radius 2 is 0.954 bits per heavy atom. The molecule has 0 radical (unpaired) electrons. The van der Waals surface area contributed by atoms with Gasteiger partial charge in [0.05, 0.1) is 56.9 Å². The smallest absolute Gasteiger partial charge is 0.309 e. The number of fused-ring (bicyclic) bond motifs is 3. The van der Waals surface area contributed by atoms with Gasteiger partial charge < -0.3 is 60.7 Å². The minimum Gasteiger partial charge on any atom is -0.481 e. The van der Waals surface area contributed by atoms with Crippen LogP contribution in [0.25, 0.3) is 20.4 Å². The molecule has 6 saturated heterocycles. The van der Waals surface area contributed by atoms with Gasteiger partial charge in [-0.1, -0.05) is 71.2 Å². The van der Waals surface area contributed by atoms with Crippen LogP contribution in [0.15, 0.2) is 77.5 Å². The largest absolute Gasteiger partial charge is 0.481 e. The zero-order chi connectivity index (χ0) is 76.2. The monoisotopic (exact) mass is 1580 g/mol. The molecule has 0 unspecified atom stereocenters. The summed E-state index contributed by atoms with van der Waals surface area (Å²) in [6.45, 7) is 30.0. The lowest BCUT2D eigenvalue weighted by Crippen LogP contribution is -2.58. The van der Waals surface area contributed by atoms with Crippen LogP contribution in [0.1, 0.15) is 168 Å². The first kappa shape index (κ1) is 77.6. The van der Waals surface area contributed by atoms with Crippen LogP contribution in [-0.4, -0.2) is 176 Å². The number of carboxylic acid groups (broad SMARTS) is 2. The van der Waals surface area contributed by atoms with E-state index in [4.69, 9.17) is 64.7 Å². The number of carbonyl (C=O) groups is 2. The topological polar surface area (TPSA) is 228 Å². The number of hydrogen-bond donors (Lipinski definition) is 6. The Kier molecular flexibility index (Phi) is 23.3. The molecule has 20 nitrogen and oxygen atoms in total. The number of carboxylic acids is 2. The van der Waals surface area contributed by atoms with Crippen LogP contribution in [0, 0.1) is 67.1 Å². The summed E-state index contributed by atoms with van der Waals surface area (Å²) in [6, 6.07) is 23.7. The van der Waals surface area contributed by atoms with Crippen molar-refractivity contribution < 1.29 is 24.9 Å². The summed E-state index contributed by atoms with van der Waals surface area (Å²) in [5.74, 6) is 7.86. The second-order valence-corrected chi connectivity index (χ2v) is 36.9. The standard InChI is InChI=1S/2C29H36ClN5O2S.C26H36ClN5O/c1-17-6-7-22(23(30)11-17)18(2)31-26-25-24(8-10-38-25)32-28(33-26)35-15-20(16-35)19-5-4-9-34(14-19)21-12-29(3,13-21)27(36)37;1-17-6-7-22(24(30)11-17)18(2)31-25-23-8-10-38-26(23)33-28(32-25)35-15-20(16-35)19-5-4-9-34(14-19)21-12-29(3,13-21)27(36)37;1-17-8-9-21(23(27)13-17)18(2)28-25-22-6-3-7-24(22)29-26(30-25)32-15-20(16-32)19-5-4-10-31(14-19)11-12-33/h2*6-8,10-11,18-21H,4-5,9,12-16H2,1-3H3,(H,36,37)(H,31,32,33);8-9,13,18-20,33H,3-7,10-12,14-16H2,1-2H3,(H,28,29,30)/t2*18-,19+,21?,29?;18-,19+/m111/s1. The Morgan fingerprint density at radius 1 is 0.514 bits per heavy atom. The molecule has 6 aliphatic heterocycles. The number of likely N-dealkylation sites (tertiary alicyclic amines) is 3. The Hall–Kier alpha value is -6.73. The first-order valence-corrected chi connectivity index (χ1v) is 42.8. The minimum atomic E-state index is -0.648. The number of anilines is 6. The Morgan fingerprint density at radius 3 is 1.45 bits per heavy atom. The average Bonchev–Trinajstić information content (AvgIpc) is 1.78. The van der Waals surface area contributed by atoms with Gasteiger partial charge in [-0.2, -0.15) is 15.0 Å². The third-order valence-electron chi connectivity index (χ3n) is 25.8. The molecule has 8 aromatic rings. The second-order valence-electron chi connectivity index (χ2n) is 33.9. The molecule has 11 heterocycles. The van der Waals surface area contributed by atoms with Gasteiger partial charge in [0.15, 0.2) is 0 Å². The number of halogens is 3. The van der Waals surface area contributed by atoms with Gasteiger partial charge in [-0.15, -0.1) is 22.7 Å². The molecule has 3 aromatic carbocycles. The molecule has 8 fully saturated rings. The number of aliphatic hydroxyl groups is 1. The first-order chi connectivity index (χ1) is 52.4. The van der Waals surface area contributed by atoms with E-state index in [2.05, 4.69) is 132 Å². The third kappa shape index (κ3) is 16.9. The maximum atomic E-state index is 11.5. The Balaban J connectivity index is 0.000000131. The molecule has 3 aliphatic carbocycles. The van der Waals surface area contributed by atoms with Crippen LogP contribution in [0.3, 0.4) is 0 Å². The average molecular weight is 1580 g/mol. The number of thiophene rings is 2. The zero-order valence-electron chi connectivity index (χ0n) is 64.4. The van der Waals surface area contributed by atoms with Gasteiger partial charge in [0.25, 0.3) is 0 Å². The molecule has 25 heteroatoms. The van der Waals surface area contributed by atoms with Gasteiger partial charge in [-0.25, -0.2) is 15.0 Å². The van der Waals surface area contributed by atoms with E-state index in [1.807, 2.05) is 45.9 Å². The number of nitrogens with zero attached hydrogens (tertiary/aromatic N) is 12. The summed E-state index contributed by atoms with van der Waals surface area (Å²) < 4.78 is 1.07. The number of nitrogens with one attached hydrogen (secondary N) is 3. The highest BCUT2D eigenvalue weighted by Crippen LogP contribution is 2.49. The summed E-state index contributed by atoms with van der Waals surface area (Å²) in [4.78, 5) is 68.3. The summed E-state index contributed by atoms with van der Waals surface area (Å²) in [7, 11) is 0. The van der Waals surface area contributed by atoms with E-state index >= 15 is 0 Å². The first-order valence-electron chi connectivity index (χ1n) is 39.9. The normalized spacial score (nSPS) is 25.6. The fourth-order valence-electron chi connectivity index (χ4n) is 18.7. The van der Waals surface area contributed by atoms with Crippen molar-refractivity contribution in [1.82, 2.24) is 44.6 Å². The van der Waals surface area contributed by atoms with Gasteiger partial charge >= 0.3 is 11.9 Å². The van der Waals surface area contributed by atoms with Crippen LogP contribution in [0.4, 0.5) is 35.3 Å². The fraction of sp³-hybridized carbons (Fsp3) is 0.571. The Bertz CT molecular complexity index is 4380. The molecular formula is C84H108Cl3N15O5S2. The molecule has 0 spiro atoms. The summed E-state index contributed by atoms with van der Waals surface area (Å²) >= 11 is 23.0. The van der Waals surface area contributed by atoms with Crippen molar-refractivity contribution in [3.05, 3.63) is 137 Å². The molecule has 2 saturated carbocycles. The SMILES string of the molecule is Cc1ccc([C@@H](C)Nc2nc(N3CC([C@H]4CCCN(C5CC(C)(C(=O)O)C5)C4)C3)nc3ccsc23)c(Cl)c1.Cc1ccc([C@@H](C)Nc2nc(N3CC([C@H]4CCCN(C5CC(C)(C(=O)O)C5)C4)C3)nc3sccc23)c(Cl)c1.Cc1ccc([C@@H](C)Nc2nc(N3CC([C@H]4CCCN(CCO)C4)C3)nc3c2CCC3)c(Cl)c1. The lowest BCUT2D eigenvalue weighted by molar-refractivity contribution is -0.159. The highest BCUT2D eigenvalue weighted by atomic mass is 35.5. The van der Waals surface area contributed by atoms with Crippen LogP contribution < -0.4 is 30.7 Å². The quantitative estimate of drug-likeness (QED) is 0.0393. The van der Waals surface area contributed by atoms with Gasteiger partial charge in [0, 0.05) is 98.2 Å². The number of piperidine rings is 3. The van der Waals surface area contributed by atoms with E-state index in [1.165, 1.54) is 55.3 Å². The molecule has 9 aliphatic rings. The molecule has 6 N–H and O–H groups in total. The zero-order valence-corrected chi connectivity index (χ0v) is 68.3. The second kappa shape index (κ2) is 32.8. The minimum absolute atomic E-state index is 0.0146. The van der Waals surface area contributed by atoms with Gasteiger partial charge in [0.1, 0.15) is 22.3 Å². The van der Waals surface area contributed by atoms with Gasteiger partial charge in [-0.05, 0) is 268 Å². The molecule has 6 atom stereocenters. The van der Waals surface area contributed by atoms with Crippen molar-refractivity contribution in [2.24, 2.45) is 46.3 Å². The predicted octanol–water partition coefficient (Wildman–Crippen LogP) is 16.7.